The average Bonchev–Trinajstić information content (AvgIpc) is 3.33. The van der Waals surface area contributed by atoms with E-state index < -0.39 is 0 Å². The van der Waals surface area contributed by atoms with Crippen LogP contribution in [-0.2, 0) is 0 Å². The quantitative estimate of drug-likeness (QED) is 0.417. The highest BCUT2D eigenvalue weighted by Crippen LogP contribution is 2.38. The number of piperidine rings is 1. The van der Waals surface area contributed by atoms with Crippen molar-refractivity contribution in [2.75, 3.05) is 33.9 Å². The fourth-order valence-corrected chi connectivity index (χ4v) is 4.03. The third kappa shape index (κ3) is 4.80. The van der Waals surface area contributed by atoms with E-state index in [0.717, 1.165) is 33.4 Å². The number of aromatic nitrogens is 1. The maximum Gasteiger partial charge on any atom is 0.343 e. The van der Waals surface area contributed by atoms with Crippen LogP contribution in [0.2, 0.25) is 0 Å². The number of oxazole rings is 1. The molecule has 8 heteroatoms. The number of ether oxygens (including phenoxy) is 2. The largest absolute Gasteiger partial charge is 0.497 e. The topological polar surface area (TPSA) is 88.3 Å². The predicted octanol–water partition coefficient (Wildman–Crippen LogP) is 5.04. The SMILES string of the molecule is CCN(O)C(=O)N1CCC(c2nc(-c3cccc(OC)c3)c(-c3ccc(OC)cc3)o2)CC1. The van der Waals surface area contributed by atoms with Crippen molar-refractivity contribution < 1.29 is 23.9 Å². The van der Waals surface area contributed by atoms with Gasteiger partial charge in [-0.15, -0.1) is 0 Å². The van der Waals surface area contributed by atoms with Crippen LogP contribution in [0, 0.1) is 0 Å². The van der Waals surface area contributed by atoms with Crippen LogP contribution in [0.25, 0.3) is 22.6 Å². The van der Waals surface area contributed by atoms with Crippen LogP contribution in [0.5, 0.6) is 11.5 Å². The predicted molar refractivity (Wildman–Crippen MR) is 124 cm³/mol. The third-order valence-electron chi connectivity index (χ3n) is 5.97. The first-order valence-electron chi connectivity index (χ1n) is 11.1. The van der Waals surface area contributed by atoms with Gasteiger partial charge in [-0.25, -0.2) is 14.8 Å². The number of nitrogens with zero attached hydrogens (tertiary/aromatic N) is 3. The van der Waals surface area contributed by atoms with E-state index >= 15 is 0 Å². The molecule has 4 rings (SSSR count). The van der Waals surface area contributed by atoms with Crippen molar-refractivity contribution >= 4 is 6.03 Å². The van der Waals surface area contributed by atoms with Gasteiger partial charge in [0.25, 0.3) is 0 Å². The molecule has 1 aliphatic heterocycles. The molecule has 0 unspecified atom stereocenters. The minimum absolute atomic E-state index is 0.0826. The Labute approximate surface area is 193 Å². The molecule has 0 spiro atoms. The van der Waals surface area contributed by atoms with E-state index in [2.05, 4.69) is 0 Å². The van der Waals surface area contributed by atoms with Crippen LogP contribution in [0.15, 0.2) is 52.9 Å². The molecule has 1 N–H and O–H groups in total. The first kappa shape index (κ1) is 22.7. The Hall–Kier alpha value is -3.52. The second-order valence-electron chi connectivity index (χ2n) is 7.95. The highest BCUT2D eigenvalue weighted by atomic mass is 16.5. The summed E-state index contributed by atoms with van der Waals surface area (Å²) in [4.78, 5) is 18.8. The molecule has 1 aliphatic rings. The van der Waals surface area contributed by atoms with Gasteiger partial charge in [0.15, 0.2) is 11.7 Å². The number of hydrogen-bond donors (Lipinski definition) is 1. The molecule has 0 atom stereocenters. The molecule has 2 heterocycles. The number of urea groups is 1. The summed E-state index contributed by atoms with van der Waals surface area (Å²) in [5.74, 6) is 2.94. The highest BCUT2D eigenvalue weighted by Gasteiger charge is 2.30. The van der Waals surface area contributed by atoms with E-state index in [9.17, 15) is 10.0 Å². The summed E-state index contributed by atoms with van der Waals surface area (Å²) in [5, 5.41) is 10.5. The minimum atomic E-state index is -0.362. The lowest BCUT2D eigenvalue weighted by atomic mass is 9.97. The fourth-order valence-electron chi connectivity index (χ4n) is 4.03. The van der Waals surface area contributed by atoms with Gasteiger partial charge < -0.3 is 18.8 Å². The molecule has 8 nitrogen and oxygen atoms in total. The lowest BCUT2D eigenvalue weighted by Gasteiger charge is -2.32. The zero-order valence-electron chi connectivity index (χ0n) is 19.2. The van der Waals surface area contributed by atoms with Crippen LogP contribution in [0.1, 0.15) is 31.6 Å². The van der Waals surface area contributed by atoms with Gasteiger partial charge in [0.2, 0.25) is 0 Å². The van der Waals surface area contributed by atoms with Crippen molar-refractivity contribution in [2.45, 2.75) is 25.7 Å². The van der Waals surface area contributed by atoms with Gasteiger partial charge in [-0.1, -0.05) is 12.1 Å². The lowest BCUT2D eigenvalue weighted by Crippen LogP contribution is -2.45. The second kappa shape index (κ2) is 9.95. The van der Waals surface area contributed by atoms with Gasteiger partial charge >= 0.3 is 6.03 Å². The Morgan fingerprint density at radius 1 is 1.09 bits per heavy atom. The zero-order valence-corrected chi connectivity index (χ0v) is 19.2. The minimum Gasteiger partial charge on any atom is -0.497 e. The van der Waals surface area contributed by atoms with Crippen molar-refractivity contribution in [1.82, 2.24) is 14.9 Å². The van der Waals surface area contributed by atoms with Crippen molar-refractivity contribution in [1.29, 1.82) is 0 Å². The Balaban J connectivity index is 1.64. The third-order valence-corrected chi connectivity index (χ3v) is 5.97. The molecule has 2 aromatic carbocycles. The zero-order chi connectivity index (χ0) is 23.4. The number of benzene rings is 2. The maximum atomic E-state index is 12.3. The summed E-state index contributed by atoms with van der Waals surface area (Å²) in [5.41, 5.74) is 2.56. The summed E-state index contributed by atoms with van der Waals surface area (Å²) < 4.78 is 17.0. The molecule has 0 aliphatic carbocycles. The van der Waals surface area contributed by atoms with Crippen molar-refractivity contribution in [3.05, 3.63) is 54.4 Å². The summed E-state index contributed by atoms with van der Waals surface area (Å²) in [6.45, 7) is 3.07. The summed E-state index contributed by atoms with van der Waals surface area (Å²) in [6.07, 6.45) is 1.42. The van der Waals surface area contributed by atoms with Gasteiger partial charge in [0.1, 0.15) is 17.2 Å². The molecule has 1 fully saturated rings. The van der Waals surface area contributed by atoms with Crippen LogP contribution >= 0.6 is 0 Å². The summed E-state index contributed by atoms with van der Waals surface area (Å²) in [7, 11) is 3.27. The molecule has 0 bridgehead atoms. The Morgan fingerprint density at radius 2 is 1.79 bits per heavy atom. The number of methoxy groups -OCH3 is 2. The van der Waals surface area contributed by atoms with Crippen molar-refractivity contribution in [2.24, 2.45) is 0 Å². The normalized spacial score (nSPS) is 14.2. The number of hydrogen-bond acceptors (Lipinski definition) is 6. The van der Waals surface area contributed by atoms with Gasteiger partial charge in [-0.3, -0.25) is 5.21 Å². The molecule has 1 saturated heterocycles. The molecule has 33 heavy (non-hydrogen) atoms. The molecule has 1 aromatic heterocycles. The molecular formula is C25H29N3O5. The van der Waals surface area contributed by atoms with E-state index in [-0.39, 0.29) is 18.5 Å². The van der Waals surface area contributed by atoms with Crippen LogP contribution in [0.4, 0.5) is 4.79 Å². The van der Waals surface area contributed by atoms with E-state index in [0.29, 0.717) is 37.6 Å². The van der Waals surface area contributed by atoms with Crippen LogP contribution in [-0.4, -0.2) is 60.0 Å². The molecule has 174 valence electrons. The second-order valence-corrected chi connectivity index (χ2v) is 7.95. The van der Waals surface area contributed by atoms with E-state index in [4.69, 9.17) is 18.9 Å². The molecule has 0 radical (unpaired) electrons. The number of amides is 2. The van der Waals surface area contributed by atoms with Gasteiger partial charge in [0, 0.05) is 36.7 Å². The maximum absolute atomic E-state index is 12.3. The van der Waals surface area contributed by atoms with E-state index in [1.54, 1.807) is 26.0 Å². The van der Waals surface area contributed by atoms with Crippen molar-refractivity contribution in [3.8, 4) is 34.1 Å². The average molecular weight is 452 g/mol. The van der Waals surface area contributed by atoms with E-state index in [1.165, 1.54) is 0 Å². The van der Waals surface area contributed by atoms with E-state index in [1.807, 2.05) is 48.5 Å². The molecule has 0 saturated carbocycles. The van der Waals surface area contributed by atoms with Gasteiger partial charge in [-0.05, 0) is 56.2 Å². The fraction of sp³-hybridized carbons (Fsp3) is 0.360. The molecular weight excluding hydrogens is 422 g/mol. The van der Waals surface area contributed by atoms with Crippen molar-refractivity contribution in [3.63, 3.8) is 0 Å². The number of rotatable bonds is 6. The summed E-state index contributed by atoms with van der Waals surface area (Å²) in [6, 6.07) is 15.1. The number of carbonyl (C=O) groups is 1. The van der Waals surface area contributed by atoms with Gasteiger partial charge in [0.05, 0.1) is 14.2 Å². The first-order chi connectivity index (χ1) is 16.0. The first-order valence-corrected chi connectivity index (χ1v) is 11.1. The molecule has 3 aromatic rings. The Morgan fingerprint density at radius 3 is 2.42 bits per heavy atom. The Kier molecular flexibility index (Phi) is 6.84. The smallest absolute Gasteiger partial charge is 0.343 e. The summed E-state index contributed by atoms with van der Waals surface area (Å²) >= 11 is 0. The Bertz CT molecular complexity index is 1090. The number of hydroxylamine groups is 2. The van der Waals surface area contributed by atoms with Gasteiger partial charge in [-0.2, -0.15) is 0 Å². The lowest BCUT2D eigenvalue weighted by molar-refractivity contribution is -0.0543. The molecule has 2 amide bonds. The number of carbonyl (C=O) groups excluding carboxylic acids is 1. The highest BCUT2D eigenvalue weighted by molar-refractivity contribution is 5.78. The number of likely N-dealkylation sites (tertiary alicyclic amines) is 1. The van der Waals surface area contributed by atoms with Crippen LogP contribution < -0.4 is 9.47 Å². The monoisotopic (exact) mass is 451 g/mol. The van der Waals surface area contributed by atoms with Crippen LogP contribution in [0.3, 0.4) is 0 Å². The standard InChI is InChI=1S/C25H29N3O5/c1-4-28(30)25(29)27-14-12-18(13-15-27)24-26-22(19-6-5-7-21(16-19)32-3)23(33-24)17-8-10-20(31-2)11-9-17/h5-11,16,18,30H,4,12-15H2,1-3H3.